The van der Waals surface area contributed by atoms with Gasteiger partial charge in [-0.25, -0.2) is 0 Å². The van der Waals surface area contributed by atoms with Gasteiger partial charge in [0, 0.05) is 11.4 Å². The van der Waals surface area contributed by atoms with Gasteiger partial charge >= 0.3 is 0 Å². The summed E-state index contributed by atoms with van der Waals surface area (Å²) in [5.41, 5.74) is 2.68. The van der Waals surface area contributed by atoms with E-state index in [1.165, 1.54) is 0 Å². The van der Waals surface area contributed by atoms with Crippen molar-refractivity contribution >= 4 is 23.2 Å². The second kappa shape index (κ2) is 7.57. The number of benzene rings is 2. The van der Waals surface area contributed by atoms with Gasteiger partial charge in [0.2, 0.25) is 6.10 Å². The molecule has 0 radical (unpaired) electrons. The van der Waals surface area contributed by atoms with Crippen molar-refractivity contribution in [3.05, 3.63) is 64.7 Å². The van der Waals surface area contributed by atoms with Crippen molar-refractivity contribution in [1.29, 1.82) is 0 Å². The highest BCUT2D eigenvalue weighted by atomic mass is 35.5. The average molecular weight is 359 g/mol. The zero-order valence-electron chi connectivity index (χ0n) is 14.0. The van der Waals surface area contributed by atoms with Gasteiger partial charge in [0.25, 0.3) is 5.91 Å². The molecular formula is C19H19ClN2O3. The van der Waals surface area contributed by atoms with Gasteiger partial charge in [-0.05, 0) is 42.3 Å². The maximum absolute atomic E-state index is 12.6. The summed E-state index contributed by atoms with van der Waals surface area (Å²) in [6.07, 6.45) is -0.0880. The molecule has 130 valence electrons. The lowest BCUT2D eigenvalue weighted by atomic mass is 9.98. The van der Waals surface area contributed by atoms with E-state index in [0.717, 1.165) is 22.6 Å². The van der Waals surface area contributed by atoms with Gasteiger partial charge in [-0.2, -0.15) is 0 Å². The maximum Gasteiger partial charge on any atom is 0.265 e. The molecule has 1 heterocycles. The summed E-state index contributed by atoms with van der Waals surface area (Å²) in [6, 6.07) is 14.7. The Morgan fingerprint density at radius 2 is 1.80 bits per heavy atom. The summed E-state index contributed by atoms with van der Waals surface area (Å²) < 4.78 is 5.20. The fourth-order valence-corrected chi connectivity index (χ4v) is 2.81. The molecule has 3 rings (SSSR count). The first-order chi connectivity index (χ1) is 12.1. The van der Waals surface area contributed by atoms with Crippen LogP contribution >= 0.6 is 11.6 Å². The minimum atomic E-state index is -0.590. The van der Waals surface area contributed by atoms with E-state index in [0.29, 0.717) is 11.4 Å². The minimum absolute atomic E-state index is 0.198. The fourth-order valence-electron chi connectivity index (χ4n) is 2.68. The van der Waals surface area contributed by atoms with Crippen molar-refractivity contribution in [1.82, 2.24) is 5.32 Å². The summed E-state index contributed by atoms with van der Waals surface area (Å²) in [4.78, 5) is 17.8. The summed E-state index contributed by atoms with van der Waals surface area (Å²) in [7, 11) is 1.62. The van der Waals surface area contributed by atoms with Gasteiger partial charge in [0.1, 0.15) is 5.75 Å². The molecule has 0 saturated carbocycles. The van der Waals surface area contributed by atoms with Crippen LogP contribution in [0.25, 0.3) is 0 Å². The van der Waals surface area contributed by atoms with Crippen LogP contribution in [0.5, 0.6) is 5.75 Å². The largest absolute Gasteiger partial charge is 0.497 e. The second-order valence-corrected chi connectivity index (χ2v) is 6.33. The molecule has 1 N–H and O–H groups in total. The Morgan fingerprint density at radius 3 is 2.32 bits per heavy atom. The molecular weight excluding hydrogens is 340 g/mol. The maximum atomic E-state index is 12.6. The van der Waals surface area contributed by atoms with Gasteiger partial charge in [0.15, 0.2) is 0 Å². The van der Waals surface area contributed by atoms with E-state index >= 15 is 0 Å². The van der Waals surface area contributed by atoms with Gasteiger partial charge in [0.05, 0.1) is 18.9 Å². The van der Waals surface area contributed by atoms with Gasteiger partial charge in [-0.15, -0.1) is 0 Å². The summed E-state index contributed by atoms with van der Waals surface area (Å²) in [5, 5.41) is 7.54. The zero-order valence-corrected chi connectivity index (χ0v) is 14.8. The van der Waals surface area contributed by atoms with E-state index in [-0.39, 0.29) is 11.9 Å². The molecule has 2 atom stereocenters. The first-order valence-corrected chi connectivity index (χ1v) is 8.33. The van der Waals surface area contributed by atoms with Crippen LogP contribution in [-0.4, -0.2) is 24.8 Å². The van der Waals surface area contributed by atoms with Crippen LogP contribution < -0.4 is 10.1 Å². The Kier molecular flexibility index (Phi) is 5.24. The molecule has 1 aliphatic rings. The predicted molar refractivity (Wildman–Crippen MR) is 97.0 cm³/mol. The van der Waals surface area contributed by atoms with Gasteiger partial charge in [-0.3, -0.25) is 4.79 Å². The van der Waals surface area contributed by atoms with Crippen LogP contribution in [0.3, 0.4) is 0 Å². The Labute approximate surface area is 151 Å². The number of nitrogens with one attached hydrogen (secondary N) is 1. The first kappa shape index (κ1) is 17.3. The van der Waals surface area contributed by atoms with Crippen LogP contribution in [0.2, 0.25) is 5.02 Å². The Bertz CT molecular complexity index is 772. The zero-order chi connectivity index (χ0) is 17.8. The third-order valence-electron chi connectivity index (χ3n) is 4.05. The molecule has 0 aliphatic carbocycles. The van der Waals surface area contributed by atoms with E-state index in [2.05, 4.69) is 10.5 Å². The standard InChI is InChI=1S/C19H19ClN2O3/c1-12-11-17(25-22-12)19(23)21-18(13-3-7-15(20)8-4-13)14-5-9-16(24-2)10-6-14/h3-10,17-18H,11H2,1-2H3,(H,21,23). The van der Waals surface area contributed by atoms with Crippen LogP contribution in [-0.2, 0) is 9.63 Å². The van der Waals surface area contributed by atoms with E-state index < -0.39 is 6.10 Å². The van der Waals surface area contributed by atoms with E-state index in [1.54, 1.807) is 19.2 Å². The van der Waals surface area contributed by atoms with Crippen LogP contribution in [0.1, 0.15) is 30.5 Å². The highest BCUT2D eigenvalue weighted by Gasteiger charge is 2.28. The number of halogens is 1. The molecule has 0 aromatic heterocycles. The number of nitrogens with zero attached hydrogens (tertiary/aromatic N) is 1. The molecule has 2 unspecified atom stereocenters. The highest BCUT2D eigenvalue weighted by molar-refractivity contribution is 6.30. The molecule has 2 aromatic rings. The number of ether oxygens (including phenoxy) is 1. The molecule has 6 heteroatoms. The second-order valence-electron chi connectivity index (χ2n) is 5.89. The number of carbonyl (C=O) groups excluding carboxylic acids is 1. The molecule has 0 saturated heterocycles. The number of hydrogen-bond donors (Lipinski definition) is 1. The quantitative estimate of drug-likeness (QED) is 0.886. The Hall–Kier alpha value is -2.53. The van der Waals surface area contributed by atoms with E-state index in [9.17, 15) is 4.79 Å². The number of rotatable bonds is 5. The summed E-state index contributed by atoms with van der Waals surface area (Å²) >= 11 is 5.99. The molecule has 0 spiro atoms. The molecule has 1 amide bonds. The Morgan fingerprint density at radius 1 is 1.20 bits per heavy atom. The Balaban J connectivity index is 1.85. The van der Waals surface area contributed by atoms with Crippen LogP contribution in [0.15, 0.2) is 53.7 Å². The summed E-state index contributed by atoms with van der Waals surface area (Å²) in [5.74, 6) is 0.560. The molecule has 25 heavy (non-hydrogen) atoms. The lowest BCUT2D eigenvalue weighted by Gasteiger charge is -2.21. The van der Waals surface area contributed by atoms with Crippen molar-refractivity contribution in [2.75, 3.05) is 7.11 Å². The van der Waals surface area contributed by atoms with Crippen molar-refractivity contribution in [2.24, 2.45) is 5.16 Å². The molecule has 0 fully saturated rings. The lowest BCUT2D eigenvalue weighted by molar-refractivity contribution is -0.131. The number of carbonyl (C=O) groups is 1. The van der Waals surface area contributed by atoms with Crippen LogP contribution in [0, 0.1) is 0 Å². The van der Waals surface area contributed by atoms with Gasteiger partial charge in [-0.1, -0.05) is 41.0 Å². The van der Waals surface area contributed by atoms with Crippen molar-refractivity contribution in [2.45, 2.75) is 25.5 Å². The van der Waals surface area contributed by atoms with Crippen molar-refractivity contribution in [3.63, 3.8) is 0 Å². The molecule has 2 aromatic carbocycles. The van der Waals surface area contributed by atoms with Crippen LogP contribution in [0.4, 0.5) is 0 Å². The number of oxime groups is 1. The van der Waals surface area contributed by atoms with Crippen molar-refractivity contribution < 1.29 is 14.4 Å². The summed E-state index contributed by atoms with van der Waals surface area (Å²) in [6.45, 7) is 1.84. The fraction of sp³-hybridized carbons (Fsp3) is 0.263. The lowest BCUT2D eigenvalue weighted by Crippen LogP contribution is -2.37. The SMILES string of the molecule is COc1ccc(C(NC(=O)C2CC(C)=NO2)c2ccc(Cl)cc2)cc1. The third-order valence-corrected chi connectivity index (χ3v) is 4.30. The predicted octanol–water partition coefficient (Wildman–Crippen LogP) is 3.72. The normalized spacial score (nSPS) is 17.4. The van der Waals surface area contributed by atoms with E-state index in [4.69, 9.17) is 21.2 Å². The number of hydrogen-bond acceptors (Lipinski definition) is 4. The van der Waals surface area contributed by atoms with Crippen molar-refractivity contribution in [3.8, 4) is 5.75 Å². The monoisotopic (exact) mass is 358 g/mol. The smallest absolute Gasteiger partial charge is 0.265 e. The minimum Gasteiger partial charge on any atom is -0.497 e. The number of methoxy groups -OCH3 is 1. The topological polar surface area (TPSA) is 59.9 Å². The average Bonchev–Trinajstić information content (AvgIpc) is 3.07. The molecule has 1 aliphatic heterocycles. The molecule has 5 nitrogen and oxygen atoms in total. The molecule has 0 bridgehead atoms. The van der Waals surface area contributed by atoms with Gasteiger partial charge < -0.3 is 14.9 Å². The third kappa shape index (κ3) is 4.12. The van der Waals surface area contributed by atoms with E-state index in [1.807, 2.05) is 43.3 Å². The number of amides is 1. The first-order valence-electron chi connectivity index (χ1n) is 7.96. The highest BCUT2D eigenvalue weighted by Crippen LogP contribution is 2.26.